The highest BCUT2D eigenvalue weighted by molar-refractivity contribution is 7.24. The fourth-order valence-corrected chi connectivity index (χ4v) is 3.69. The van der Waals surface area contributed by atoms with Gasteiger partial charge in [0.2, 0.25) is 5.13 Å². The fourth-order valence-electron chi connectivity index (χ4n) is 1.80. The molecule has 0 amide bonds. The molecule has 0 aromatic carbocycles. The number of rotatable bonds is 3. The lowest BCUT2D eigenvalue weighted by molar-refractivity contribution is 0.835. The van der Waals surface area contributed by atoms with Crippen LogP contribution in [0.15, 0.2) is 24.4 Å². The standard InChI is InChI=1S/C13H13N5S2/c1-7(2)9-10(12-17-18-13(14)20-12)19-11(16-9)8-5-3-4-6-15-8/h3-7H,1-2H3,(H2,14,18). The Bertz CT molecular complexity index is 717. The van der Waals surface area contributed by atoms with Gasteiger partial charge in [-0.05, 0) is 18.1 Å². The van der Waals surface area contributed by atoms with Gasteiger partial charge in [-0.15, -0.1) is 21.5 Å². The van der Waals surface area contributed by atoms with Gasteiger partial charge in [0.25, 0.3) is 0 Å². The van der Waals surface area contributed by atoms with Crippen molar-refractivity contribution in [1.82, 2.24) is 20.2 Å². The van der Waals surface area contributed by atoms with Crippen LogP contribution < -0.4 is 5.73 Å². The first-order chi connectivity index (χ1) is 9.65. The SMILES string of the molecule is CC(C)c1nc(-c2ccccn2)sc1-c1nnc(N)s1. The van der Waals surface area contributed by atoms with Gasteiger partial charge in [0, 0.05) is 6.20 Å². The Balaban J connectivity index is 2.12. The predicted molar refractivity (Wildman–Crippen MR) is 82.7 cm³/mol. The minimum atomic E-state index is 0.309. The summed E-state index contributed by atoms with van der Waals surface area (Å²) in [5.74, 6) is 0.309. The van der Waals surface area contributed by atoms with Crippen molar-refractivity contribution in [1.29, 1.82) is 0 Å². The largest absolute Gasteiger partial charge is 0.374 e. The summed E-state index contributed by atoms with van der Waals surface area (Å²) in [5.41, 5.74) is 7.57. The lowest BCUT2D eigenvalue weighted by atomic mass is 10.1. The number of aromatic nitrogens is 4. The molecule has 3 aromatic rings. The summed E-state index contributed by atoms with van der Waals surface area (Å²) < 4.78 is 0. The van der Waals surface area contributed by atoms with Crippen LogP contribution in [0, 0.1) is 0 Å². The number of nitrogen functional groups attached to an aromatic ring is 1. The number of thiazole rings is 1. The molecule has 0 radical (unpaired) electrons. The minimum Gasteiger partial charge on any atom is -0.374 e. The summed E-state index contributed by atoms with van der Waals surface area (Å²) in [5, 5.41) is 10.2. The summed E-state index contributed by atoms with van der Waals surface area (Å²) in [6.45, 7) is 4.23. The second kappa shape index (κ2) is 5.26. The molecule has 0 saturated carbocycles. The molecule has 0 spiro atoms. The first-order valence-electron chi connectivity index (χ1n) is 6.16. The lowest BCUT2D eigenvalue weighted by Crippen LogP contribution is -1.91. The number of nitrogens with zero attached hydrogens (tertiary/aromatic N) is 4. The van der Waals surface area contributed by atoms with Crippen molar-refractivity contribution in [3.05, 3.63) is 30.1 Å². The van der Waals surface area contributed by atoms with Crippen molar-refractivity contribution >= 4 is 27.8 Å². The van der Waals surface area contributed by atoms with Gasteiger partial charge >= 0.3 is 0 Å². The van der Waals surface area contributed by atoms with Crippen LogP contribution >= 0.6 is 22.7 Å². The third kappa shape index (κ3) is 2.41. The van der Waals surface area contributed by atoms with Crippen LogP contribution in [0.4, 0.5) is 5.13 Å². The van der Waals surface area contributed by atoms with E-state index in [1.54, 1.807) is 17.5 Å². The lowest BCUT2D eigenvalue weighted by Gasteiger charge is -2.01. The Morgan fingerprint density at radius 3 is 2.55 bits per heavy atom. The van der Waals surface area contributed by atoms with E-state index < -0.39 is 0 Å². The number of hydrogen-bond donors (Lipinski definition) is 1. The second-order valence-corrected chi connectivity index (χ2v) is 6.56. The highest BCUT2D eigenvalue weighted by Gasteiger charge is 2.20. The van der Waals surface area contributed by atoms with Crippen LogP contribution in [0.2, 0.25) is 0 Å². The third-order valence-corrected chi connectivity index (χ3v) is 4.72. The van der Waals surface area contributed by atoms with Crippen LogP contribution in [0.25, 0.3) is 20.6 Å². The summed E-state index contributed by atoms with van der Waals surface area (Å²) in [4.78, 5) is 10.1. The zero-order valence-corrected chi connectivity index (χ0v) is 12.7. The van der Waals surface area contributed by atoms with E-state index in [4.69, 9.17) is 10.7 Å². The third-order valence-electron chi connectivity index (χ3n) is 2.72. The van der Waals surface area contributed by atoms with Gasteiger partial charge in [-0.1, -0.05) is 31.3 Å². The summed E-state index contributed by atoms with van der Waals surface area (Å²) in [7, 11) is 0. The molecule has 2 N–H and O–H groups in total. The predicted octanol–water partition coefficient (Wildman–Crippen LogP) is 3.43. The van der Waals surface area contributed by atoms with Crippen molar-refractivity contribution in [3.63, 3.8) is 0 Å². The van der Waals surface area contributed by atoms with E-state index in [0.29, 0.717) is 11.0 Å². The maximum absolute atomic E-state index is 5.68. The Morgan fingerprint density at radius 2 is 1.95 bits per heavy atom. The zero-order chi connectivity index (χ0) is 14.1. The minimum absolute atomic E-state index is 0.309. The van der Waals surface area contributed by atoms with E-state index in [9.17, 15) is 0 Å². The van der Waals surface area contributed by atoms with E-state index in [2.05, 4.69) is 29.0 Å². The number of anilines is 1. The van der Waals surface area contributed by atoms with Gasteiger partial charge in [0.15, 0.2) is 5.01 Å². The zero-order valence-electron chi connectivity index (χ0n) is 11.1. The van der Waals surface area contributed by atoms with Gasteiger partial charge in [0.05, 0.1) is 16.3 Å². The molecule has 5 nitrogen and oxygen atoms in total. The van der Waals surface area contributed by atoms with E-state index in [0.717, 1.165) is 26.3 Å². The van der Waals surface area contributed by atoms with Gasteiger partial charge in [-0.3, -0.25) is 4.98 Å². The van der Waals surface area contributed by atoms with Crippen molar-refractivity contribution < 1.29 is 0 Å². The maximum atomic E-state index is 5.68. The molecule has 0 unspecified atom stereocenters. The van der Waals surface area contributed by atoms with E-state index in [1.807, 2.05) is 18.2 Å². The molecule has 3 rings (SSSR count). The van der Waals surface area contributed by atoms with Crippen LogP contribution in [0.1, 0.15) is 25.5 Å². The Labute approximate surface area is 124 Å². The topological polar surface area (TPSA) is 77.6 Å². The summed E-state index contributed by atoms with van der Waals surface area (Å²) in [6.07, 6.45) is 1.77. The smallest absolute Gasteiger partial charge is 0.203 e. The highest BCUT2D eigenvalue weighted by atomic mass is 32.1. The monoisotopic (exact) mass is 303 g/mol. The average molecular weight is 303 g/mol. The molecule has 3 heterocycles. The molecule has 0 fully saturated rings. The summed E-state index contributed by atoms with van der Waals surface area (Å²) >= 11 is 2.97. The number of pyridine rings is 1. The van der Waals surface area contributed by atoms with E-state index in [1.165, 1.54) is 11.3 Å². The molecular weight excluding hydrogens is 290 g/mol. The van der Waals surface area contributed by atoms with Gasteiger partial charge in [-0.2, -0.15) is 0 Å². The molecule has 0 saturated heterocycles. The van der Waals surface area contributed by atoms with Gasteiger partial charge < -0.3 is 5.73 Å². The molecule has 0 aliphatic rings. The van der Waals surface area contributed by atoms with Gasteiger partial charge in [-0.25, -0.2) is 4.98 Å². The maximum Gasteiger partial charge on any atom is 0.203 e. The Morgan fingerprint density at radius 1 is 1.10 bits per heavy atom. The first-order valence-corrected chi connectivity index (χ1v) is 7.80. The molecule has 3 aromatic heterocycles. The Kier molecular flexibility index (Phi) is 3.45. The molecule has 0 aliphatic heterocycles. The molecule has 102 valence electrons. The van der Waals surface area contributed by atoms with Crippen molar-refractivity contribution in [2.45, 2.75) is 19.8 Å². The quantitative estimate of drug-likeness (QED) is 0.802. The molecule has 20 heavy (non-hydrogen) atoms. The molecule has 0 bridgehead atoms. The molecule has 0 aliphatic carbocycles. The summed E-state index contributed by atoms with van der Waals surface area (Å²) in [6, 6.07) is 5.81. The van der Waals surface area contributed by atoms with Gasteiger partial charge in [0.1, 0.15) is 5.01 Å². The molecular formula is C13H13N5S2. The number of nitrogens with two attached hydrogens (primary N) is 1. The second-order valence-electron chi connectivity index (χ2n) is 4.55. The first kappa shape index (κ1) is 13.1. The van der Waals surface area contributed by atoms with Crippen LogP contribution in [0.3, 0.4) is 0 Å². The van der Waals surface area contributed by atoms with E-state index >= 15 is 0 Å². The van der Waals surface area contributed by atoms with Crippen molar-refractivity contribution in [3.8, 4) is 20.6 Å². The average Bonchev–Trinajstić information content (AvgIpc) is 3.05. The normalized spacial score (nSPS) is 11.2. The fraction of sp³-hybridized carbons (Fsp3) is 0.231. The van der Waals surface area contributed by atoms with E-state index in [-0.39, 0.29) is 0 Å². The molecule has 0 atom stereocenters. The van der Waals surface area contributed by atoms with Crippen LogP contribution in [-0.4, -0.2) is 20.2 Å². The van der Waals surface area contributed by atoms with Crippen molar-refractivity contribution in [2.75, 3.05) is 5.73 Å². The van der Waals surface area contributed by atoms with Crippen LogP contribution in [0.5, 0.6) is 0 Å². The Hall–Kier alpha value is -1.86. The van der Waals surface area contributed by atoms with Crippen molar-refractivity contribution in [2.24, 2.45) is 0 Å². The molecule has 7 heteroatoms. The number of hydrogen-bond acceptors (Lipinski definition) is 7. The highest BCUT2D eigenvalue weighted by Crippen LogP contribution is 2.39. The van der Waals surface area contributed by atoms with Crippen LogP contribution in [-0.2, 0) is 0 Å².